The lowest BCUT2D eigenvalue weighted by Crippen LogP contribution is -2.15. The van der Waals surface area contributed by atoms with Crippen molar-refractivity contribution in [1.29, 1.82) is 0 Å². The second-order valence-electron chi connectivity index (χ2n) is 6.86. The molecule has 0 spiro atoms. The van der Waals surface area contributed by atoms with E-state index in [1.54, 1.807) is 6.07 Å². The van der Waals surface area contributed by atoms with Crippen molar-refractivity contribution >= 4 is 33.3 Å². The fraction of sp³-hybridized carbons (Fsp3) is 0.0476. The molecule has 8 heteroatoms. The van der Waals surface area contributed by atoms with Gasteiger partial charge in [0.15, 0.2) is 0 Å². The summed E-state index contributed by atoms with van der Waals surface area (Å²) in [5.74, 6) is -0.199. The van der Waals surface area contributed by atoms with Crippen LogP contribution in [-0.2, 0) is 0 Å². The molecule has 5 rings (SSSR count). The first-order valence-electron chi connectivity index (χ1n) is 8.98. The number of halogens is 1. The quantitative estimate of drug-likeness (QED) is 0.489. The molecule has 0 saturated heterocycles. The molecule has 0 aliphatic carbocycles. The maximum Gasteiger partial charge on any atom is 0.261 e. The zero-order valence-corrected chi connectivity index (χ0v) is 15.5. The Morgan fingerprint density at radius 1 is 1.03 bits per heavy atom. The van der Waals surface area contributed by atoms with Crippen molar-refractivity contribution in [3.63, 3.8) is 0 Å². The Balaban J connectivity index is 1.65. The predicted molar refractivity (Wildman–Crippen MR) is 113 cm³/mol. The van der Waals surface area contributed by atoms with Crippen molar-refractivity contribution in [1.82, 2.24) is 19.9 Å². The summed E-state index contributed by atoms with van der Waals surface area (Å²) >= 11 is 0. The number of rotatable bonds is 2. The van der Waals surface area contributed by atoms with Crippen LogP contribution in [0, 0.1) is 5.82 Å². The van der Waals surface area contributed by atoms with Gasteiger partial charge in [0.2, 0.25) is 0 Å². The van der Waals surface area contributed by atoms with Gasteiger partial charge in [-0.25, -0.2) is 9.37 Å². The van der Waals surface area contributed by atoms with Gasteiger partial charge in [0.05, 0.1) is 27.6 Å². The third kappa shape index (κ3) is 2.73. The summed E-state index contributed by atoms with van der Waals surface area (Å²) < 4.78 is 14.3. The van der Waals surface area contributed by atoms with Gasteiger partial charge in [-0.2, -0.15) is 0 Å². The zero-order valence-electron chi connectivity index (χ0n) is 15.5. The standard InChI is InChI=1S/C21H17FN6O/c1-27-7-9-28(10-8-27)12-5-6-14-16(11-12)25-20(24-14)18-19(23)17-13(22)3-2-4-15(17)26-21(18)29/h2-11H,1H3,(H,24,25)(H3,23,26,29). The van der Waals surface area contributed by atoms with E-state index >= 15 is 0 Å². The Kier molecular flexibility index (Phi) is 3.67. The number of pyridine rings is 1. The summed E-state index contributed by atoms with van der Waals surface area (Å²) in [4.78, 5) is 26.9. The van der Waals surface area contributed by atoms with Crippen LogP contribution in [0.5, 0.6) is 0 Å². The number of nitrogens with one attached hydrogen (secondary N) is 2. The van der Waals surface area contributed by atoms with E-state index in [4.69, 9.17) is 5.73 Å². The number of hydrogen-bond donors (Lipinski definition) is 3. The number of anilines is 2. The summed E-state index contributed by atoms with van der Waals surface area (Å²) in [5, 5.41) is 0.177. The minimum absolute atomic E-state index is 0.0612. The van der Waals surface area contributed by atoms with Crippen molar-refractivity contribution in [2.45, 2.75) is 0 Å². The van der Waals surface area contributed by atoms with Crippen LogP contribution in [0.3, 0.4) is 0 Å². The molecule has 29 heavy (non-hydrogen) atoms. The molecular weight excluding hydrogens is 371 g/mol. The number of aromatic amines is 2. The van der Waals surface area contributed by atoms with Crippen LogP contribution < -0.4 is 16.2 Å². The number of nitrogens with zero attached hydrogens (tertiary/aromatic N) is 3. The van der Waals surface area contributed by atoms with Crippen LogP contribution in [0.4, 0.5) is 15.8 Å². The zero-order chi connectivity index (χ0) is 20.1. The fourth-order valence-corrected chi connectivity index (χ4v) is 3.47. The van der Waals surface area contributed by atoms with Gasteiger partial charge in [-0.1, -0.05) is 6.07 Å². The van der Waals surface area contributed by atoms with Crippen molar-refractivity contribution < 1.29 is 4.39 Å². The van der Waals surface area contributed by atoms with Crippen LogP contribution in [0.1, 0.15) is 0 Å². The number of imidazole rings is 1. The van der Waals surface area contributed by atoms with Gasteiger partial charge in [-0.05, 0) is 30.3 Å². The van der Waals surface area contributed by atoms with E-state index in [0.717, 1.165) is 11.2 Å². The summed E-state index contributed by atoms with van der Waals surface area (Å²) in [5.41, 5.74) is 8.64. The SMILES string of the molecule is CN1C=CN(c2ccc3nc(-c4c(N)c5c(F)cccc5[nH]c4=O)[nH]c3c2)C=C1. The molecule has 4 N–H and O–H groups in total. The van der Waals surface area contributed by atoms with E-state index in [2.05, 4.69) is 15.0 Å². The van der Waals surface area contributed by atoms with Crippen molar-refractivity contribution in [2.24, 2.45) is 0 Å². The smallest absolute Gasteiger partial charge is 0.261 e. The van der Waals surface area contributed by atoms with E-state index in [9.17, 15) is 9.18 Å². The molecule has 0 fully saturated rings. The number of hydrogen-bond acceptors (Lipinski definition) is 5. The van der Waals surface area contributed by atoms with Crippen LogP contribution in [-0.4, -0.2) is 26.9 Å². The molecule has 0 amide bonds. The maximum atomic E-state index is 14.3. The van der Waals surface area contributed by atoms with Gasteiger partial charge in [-0.15, -0.1) is 0 Å². The van der Waals surface area contributed by atoms with Gasteiger partial charge < -0.3 is 25.5 Å². The largest absolute Gasteiger partial charge is 0.397 e. The van der Waals surface area contributed by atoms with Gasteiger partial charge in [-0.3, -0.25) is 4.79 Å². The Hall–Kier alpha value is -4.07. The van der Waals surface area contributed by atoms with E-state index in [-0.39, 0.29) is 16.6 Å². The van der Waals surface area contributed by atoms with E-state index < -0.39 is 11.4 Å². The highest BCUT2D eigenvalue weighted by molar-refractivity contribution is 5.98. The summed E-state index contributed by atoms with van der Waals surface area (Å²) in [6.45, 7) is 0. The highest BCUT2D eigenvalue weighted by Gasteiger charge is 2.18. The number of benzene rings is 2. The van der Waals surface area contributed by atoms with Crippen LogP contribution >= 0.6 is 0 Å². The van der Waals surface area contributed by atoms with Gasteiger partial charge in [0.1, 0.15) is 17.2 Å². The molecule has 4 aromatic rings. The second kappa shape index (κ2) is 6.23. The lowest BCUT2D eigenvalue weighted by atomic mass is 10.1. The van der Waals surface area contributed by atoms with E-state index in [0.29, 0.717) is 16.9 Å². The average Bonchev–Trinajstić information content (AvgIpc) is 3.11. The molecule has 0 radical (unpaired) electrons. The average molecular weight is 388 g/mol. The van der Waals surface area contributed by atoms with Gasteiger partial charge >= 0.3 is 0 Å². The first-order valence-corrected chi connectivity index (χ1v) is 8.98. The Labute approximate surface area is 164 Å². The highest BCUT2D eigenvalue weighted by atomic mass is 19.1. The molecule has 1 aliphatic heterocycles. The monoisotopic (exact) mass is 388 g/mol. The molecule has 0 atom stereocenters. The van der Waals surface area contributed by atoms with Crippen molar-refractivity contribution in [2.75, 3.05) is 17.7 Å². The van der Waals surface area contributed by atoms with Gasteiger partial charge in [0.25, 0.3) is 5.56 Å². The fourth-order valence-electron chi connectivity index (χ4n) is 3.47. The van der Waals surface area contributed by atoms with Crippen LogP contribution in [0.25, 0.3) is 33.3 Å². The predicted octanol–water partition coefficient (Wildman–Crippen LogP) is 3.49. The maximum absolute atomic E-state index is 14.3. The number of aromatic nitrogens is 3. The molecule has 1 aliphatic rings. The third-order valence-corrected chi connectivity index (χ3v) is 4.95. The molecule has 0 bridgehead atoms. The van der Waals surface area contributed by atoms with Crippen molar-refractivity contribution in [3.8, 4) is 11.4 Å². The topological polar surface area (TPSA) is 94.0 Å². The lowest BCUT2D eigenvalue weighted by molar-refractivity contribution is 0.612. The number of fused-ring (bicyclic) bond motifs is 2. The number of H-pyrrole nitrogens is 2. The Morgan fingerprint density at radius 3 is 2.62 bits per heavy atom. The molecule has 7 nitrogen and oxygen atoms in total. The minimum atomic E-state index is -0.496. The van der Waals surface area contributed by atoms with Crippen LogP contribution in [0.15, 0.2) is 66.0 Å². The Bertz CT molecular complexity index is 1370. The van der Waals surface area contributed by atoms with Gasteiger partial charge in [0, 0.05) is 37.5 Å². The first-order chi connectivity index (χ1) is 14.0. The van der Waals surface area contributed by atoms with E-state index in [1.165, 1.54) is 12.1 Å². The normalized spacial score (nSPS) is 13.7. The number of nitrogens with two attached hydrogens (primary N) is 1. The molecular formula is C21H17FN6O. The molecule has 0 saturated carbocycles. The van der Waals surface area contributed by atoms with Crippen molar-refractivity contribution in [3.05, 3.63) is 77.4 Å². The Morgan fingerprint density at radius 2 is 1.83 bits per heavy atom. The number of nitrogen functional groups attached to an aromatic ring is 1. The second-order valence-corrected chi connectivity index (χ2v) is 6.86. The summed E-state index contributed by atoms with van der Waals surface area (Å²) in [6.07, 6.45) is 7.75. The molecule has 144 valence electrons. The molecule has 0 unspecified atom stereocenters. The summed E-state index contributed by atoms with van der Waals surface area (Å²) in [6, 6.07) is 10.2. The first kappa shape index (κ1) is 17.1. The lowest BCUT2D eigenvalue weighted by Gasteiger charge is -2.22. The van der Waals surface area contributed by atoms with E-state index in [1.807, 2.05) is 59.8 Å². The molecule has 2 aromatic heterocycles. The minimum Gasteiger partial charge on any atom is -0.397 e. The molecule has 3 heterocycles. The highest BCUT2D eigenvalue weighted by Crippen LogP contribution is 2.31. The third-order valence-electron chi connectivity index (χ3n) is 4.95. The van der Waals surface area contributed by atoms with Crippen LogP contribution in [0.2, 0.25) is 0 Å². The summed E-state index contributed by atoms with van der Waals surface area (Å²) in [7, 11) is 1.95. The molecule has 2 aromatic carbocycles.